The molecule has 0 aliphatic heterocycles. The SMILES string of the molecule is Nc1ccc(N)s1.[Mn]. The van der Waals surface area contributed by atoms with Gasteiger partial charge >= 0.3 is 0 Å². The van der Waals surface area contributed by atoms with Crippen LogP contribution in [-0.4, -0.2) is 0 Å². The minimum atomic E-state index is 0. The number of anilines is 2. The van der Waals surface area contributed by atoms with Gasteiger partial charge in [0.15, 0.2) is 0 Å². The number of hydrogen-bond acceptors (Lipinski definition) is 3. The predicted molar refractivity (Wildman–Crippen MR) is 33.1 cm³/mol. The Bertz CT molecular complexity index is 146. The molecule has 0 amide bonds. The summed E-state index contributed by atoms with van der Waals surface area (Å²) in [5, 5.41) is 1.55. The van der Waals surface area contributed by atoms with Crippen LogP contribution in [0.15, 0.2) is 12.1 Å². The molecular weight excluding hydrogens is 163 g/mol. The van der Waals surface area contributed by atoms with Crippen LogP contribution in [0.1, 0.15) is 0 Å². The average molecular weight is 169 g/mol. The van der Waals surface area contributed by atoms with Gasteiger partial charge in [-0.15, -0.1) is 11.3 Å². The first-order chi connectivity index (χ1) is 3.29. The first-order valence-electron chi connectivity index (χ1n) is 1.90. The molecular formula is C4H6MnN2S. The Balaban J connectivity index is 0.000000490. The molecule has 1 radical (unpaired) electrons. The van der Waals surface area contributed by atoms with E-state index in [0.717, 1.165) is 10.0 Å². The van der Waals surface area contributed by atoms with E-state index in [4.69, 9.17) is 11.5 Å². The van der Waals surface area contributed by atoms with Gasteiger partial charge in [0.25, 0.3) is 0 Å². The van der Waals surface area contributed by atoms with Gasteiger partial charge in [-0.05, 0) is 12.1 Å². The van der Waals surface area contributed by atoms with E-state index in [9.17, 15) is 0 Å². The summed E-state index contributed by atoms with van der Waals surface area (Å²) < 4.78 is 0. The molecule has 0 fully saturated rings. The van der Waals surface area contributed by atoms with Crippen molar-refractivity contribution in [2.75, 3.05) is 11.5 Å². The summed E-state index contributed by atoms with van der Waals surface area (Å²) in [5.41, 5.74) is 10.6. The largest absolute Gasteiger partial charge is 0.391 e. The van der Waals surface area contributed by atoms with Gasteiger partial charge < -0.3 is 11.5 Å². The smallest absolute Gasteiger partial charge is 0.0878 e. The average Bonchev–Trinajstić information content (AvgIpc) is 1.87. The zero-order valence-electron chi connectivity index (χ0n) is 4.10. The molecule has 1 aromatic rings. The molecule has 8 heavy (non-hydrogen) atoms. The maximum atomic E-state index is 5.32. The second-order valence-electron chi connectivity index (χ2n) is 1.24. The monoisotopic (exact) mass is 169 g/mol. The molecule has 0 aliphatic carbocycles. The van der Waals surface area contributed by atoms with Crippen LogP contribution in [0.4, 0.5) is 10.0 Å². The normalized spacial score (nSPS) is 8.00. The van der Waals surface area contributed by atoms with Crippen LogP contribution in [0.25, 0.3) is 0 Å². The third-order valence-corrected chi connectivity index (χ3v) is 1.39. The minimum Gasteiger partial charge on any atom is -0.391 e. The maximum absolute atomic E-state index is 5.32. The fourth-order valence-corrected chi connectivity index (χ4v) is 0.913. The van der Waals surface area contributed by atoms with Gasteiger partial charge in [0.2, 0.25) is 0 Å². The van der Waals surface area contributed by atoms with Crippen LogP contribution in [0.5, 0.6) is 0 Å². The summed E-state index contributed by atoms with van der Waals surface area (Å²) >= 11 is 1.40. The summed E-state index contributed by atoms with van der Waals surface area (Å²) in [6.45, 7) is 0. The number of thiophene rings is 1. The first-order valence-corrected chi connectivity index (χ1v) is 2.71. The second kappa shape index (κ2) is 2.97. The summed E-state index contributed by atoms with van der Waals surface area (Å²) in [5.74, 6) is 0. The Morgan fingerprint density at radius 2 is 1.50 bits per heavy atom. The maximum Gasteiger partial charge on any atom is 0.0878 e. The standard InChI is InChI=1S/C4H6N2S.Mn/c5-3-1-2-4(6)7-3;/h1-2H,5-6H2;. The molecule has 4 N–H and O–H groups in total. The fourth-order valence-electron chi connectivity index (χ4n) is 0.368. The Morgan fingerprint density at radius 3 is 1.62 bits per heavy atom. The van der Waals surface area contributed by atoms with Gasteiger partial charge in [0, 0.05) is 17.1 Å². The quantitative estimate of drug-likeness (QED) is 0.567. The van der Waals surface area contributed by atoms with Crippen molar-refractivity contribution in [2.24, 2.45) is 0 Å². The molecule has 1 aromatic heterocycles. The van der Waals surface area contributed by atoms with E-state index < -0.39 is 0 Å². The number of nitrogens with two attached hydrogens (primary N) is 2. The van der Waals surface area contributed by atoms with Crippen LogP contribution < -0.4 is 11.5 Å². The van der Waals surface area contributed by atoms with Gasteiger partial charge in [-0.2, -0.15) is 0 Å². The third-order valence-electron chi connectivity index (χ3n) is 0.648. The molecule has 0 bridgehead atoms. The van der Waals surface area contributed by atoms with Crippen molar-refractivity contribution in [1.82, 2.24) is 0 Å². The Labute approximate surface area is 62.3 Å². The molecule has 1 heterocycles. The van der Waals surface area contributed by atoms with E-state index in [2.05, 4.69) is 0 Å². The van der Waals surface area contributed by atoms with E-state index in [1.165, 1.54) is 11.3 Å². The van der Waals surface area contributed by atoms with Gasteiger partial charge in [-0.25, -0.2) is 0 Å². The molecule has 2 nitrogen and oxygen atoms in total. The van der Waals surface area contributed by atoms with E-state index >= 15 is 0 Å². The van der Waals surface area contributed by atoms with E-state index in [1.807, 2.05) is 0 Å². The summed E-state index contributed by atoms with van der Waals surface area (Å²) in [6.07, 6.45) is 0. The van der Waals surface area contributed by atoms with Crippen LogP contribution in [0, 0.1) is 0 Å². The van der Waals surface area contributed by atoms with Crippen LogP contribution in [0.2, 0.25) is 0 Å². The molecule has 0 atom stereocenters. The molecule has 0 aromatic carbocycles. The van der Waals surface area contributed by atoms with E-state index in [-0.39, 0.29) is 17.1 Å². The van der Waals surface area contributed by atoms with E-state index in [0.29, 0.717) is 0 Å². The van der Waals surface area contributed by atoms with Gasteiger partial charge in [0.1, 0.15) is 0 Å². The third kappa shape index (κ3) is 1.74. The topological polar surface area (TPSA) is 52.0 Å². The Kier molecular flexibility index (Phi) is 2.90. The zero-order valence-corrected chi connectivity index (χ0v) is 6.09. The van der Waals surface area contributed by atoms with Gasteiger partial charge in [0.05, 0.1) is 10.0 Å². The Hall–Kier alpha value is -0.181. The zero-order chi connectivity index (χ0) is 5.28. The van der Waals surface area contributed by atoms with Crippen molar-refractivity contribution < 1.29 is 17.1 Å². The van der Waals surface area contributed by atoms with Crippen molar-refractivity contribution in [3.63, 3.8) is 0 Å². The molecule has 0 saturated heterocycles. The second-order valence-corrected chi connectivity index (χ2v) is 2.39. The first kappa shape index (κ1) is 7.82. The minimum absolute atomic E-state index is 0. The fraction of sp³-hybridized carbons (Fsp3) is 0. The van der Waals surface area contributed by atoms with Crippen LogP contribution in [0.3, 0.4) is 0 Å². The molecule has 0 aliphatic rings. The van der Waals surface area contributed by atoms with Crippen molar-refractivity contribution in [3.05, 3.63) is 12.1 Å². The summed E-state index contributed by atoms with van der Waals surface area (Å²) in [4.78, 5) is 0. The van der Waals surface area contributed by atoms with Crippen LogP contribution in [-0.2, 0) is 17.1 Å². The molecule has 0 saturated carbocycles. The summed E-state index contributed by atoms with van der Waals surface area (Å²) in [7, 11) is 0. The van der Waals surface area contributed by atoms with E-state index in [1.54, 1.807) is 12.1 Å². The number of nitrogen functional groups attached to an aromatic ring is 2. The van der Waals surface area contributed by atoms with Crippen molar-refractivity contribution in [2.45, 2.75) is 0 Å². The predicted octanol–water partition coefficient (Wildman–Crippen LogP) is 0.910. The number of rotatable bonds is 0. The molecule has 1 rings (SSSR count). The molecule has 0 unspecified atom stereocenters. The molecule has 4 heteroatoms. The van der Waals surface area contributed by atoms with Gasteiger partial charge in [-0.3, -0.25) is 0 Å². The number of hydrogen-bond donors (Lipinski definition) is 2. The van der Waals surface area contributed by atoms with Crippen LogP contribution >= 0.6 is 11.3 Å². The van der Waals surface area contributed by atoms with Gasteiger partial charge in [-0.1, -0.05) is 0 Å². The van der Waals surface area contributed by atoms with Crippen molar-refractivity contribution in [1.29, 1.82) is 0 Å². The van der Waals surface area contributed by atoms with Crippen molar-refractivity contribution >= 4 is 21.3 Å². The molecule has 0 spiro atoms. The van der Waals surface area contributed by atoms with Crippen molar-refractivity contribution in [3.8, 4) is 0 Å². The summed E-state index contributed by atoms with van der Waals surface area (Å²) in [6, 6.07) is 3.58. The molecule has 45 valence electrons. The Morgan fingerprint density at radius 1 is 1.12 bits per heavy atom.